The molecule has 2 aliphatic heterocycles. The van der Waals surface area contributed by atoms with Gasteiger partial charge in [0.15, 0.2) is 11.5 Å². The molecule has 0 saturated carbocycles. The summed E-state index contributed by atoms with van der Waals surface area (Å²) < 4.78 is 10.7. The van der Waals surface area contributed by atoms with Crippen molar-refractivity contribution in [2.75, 3.05) is 19.9 Å². The summed E-state index contributed by atoms with van der Waals surface area (Å²) in [6.07, 6.45) is 1.67. The molecule has 1 fully saturated rings. The predicted molar refractivity (Wildman–Crippen MR) is 72.8 cm³/mol. The van der Waals surface area contributed by atoms with Gasteiger partial charge in [0.05, 0.1) is 5.41 Å². The van der Waals surface area contributed by atoms with Gasteiger partial charge in [0, 0.05) is 13.1 Å². The van der Waals surface area contributed by atoms with Crippen molar-refractivity contribution in [2.24, 2.45) is 5.41 Å². The Morgan fingerprint density at radius 3 is 3.00 bits per heavy atom. The Labute approximate surface area is 118 Å². The van der Waals surface area contributed by atoms with E-state index in [1.54, 1.807) is 0 Å². The maximum absolute atomic E-state index is 11.4. The molecular weight excluding hydrogens is 258 g/mol. The van der Waals surface area contributed by atoms with Crippen LogP contribution in [-0.2, 0) is 11.3 Å². The Balaban J connectivity index is 1.70. The van der Waals surface area contributed by atoms with Crippen molar-refractivity contribution in [1.82, 2.24) is 4.90 Å². The lowest BCUT2D eigenvalue weighted by atomic mass is 9.82. The van der Waals surface area contributed by atoms with E-state index in [1.807, 2.05) is 25.1 Å². The molecule has 1 atom stereocenters. The number of rotatable bonds is 3. The average Bonchev–Trinajstić information content (AvgIpc) is 2.86. The van der Waals surface area contributed by atoms with Crippen LogP contribution in [-0.4, -0.2) is 35.9 Å². The van der Waals surface area contributed by atoms with Gasteiger partial charge >= 0.3 is 5.97 Å². The Kier molecular flexibility index (Phi) is 3.30. The zero-order valence-corrected chi connectivity index (χ0v) is 11.6. The topological polar surface area (TPSA) is 59.0 Å². The zero-order chi connectivity index (χ0) is 14.2. The van der Waals surface area contributed by atoms with Gasteiger partial charge in [-0.05, 0) is 44.0 Å². The number of nitrogens with zero attached hydrogens (tertiary/aromatic N) is 1. The molecule has 1 saturated heterocycles. The van der Waals surface area contributed by atoms with Gasteiger partial charge in [-0.2, -0.15) is 0 Å². The average molecular weight is 277 g/mol. The van der Waals surface area contributed by atoms with Crippen molar-refractivity contribution >= 4 is 5.97 Å². The number of ether oxygens (including phenoxy) is 2. The van der Waals surface area contributed by atoms with Crippen LogP contribution < -0.4 is 9.47 Å². The minimum atomic E-state index is -0.701. The van der Waals surface area contributed by atoms with Crippen molar-refractivity contribution < 1.29 is 19.4 Å². The number of carboxylic acids is 1. The van der Waals surface area contributed by atoms with E-state index < -0.39 is 11.4 Å². The Bertz CT molecular complexity index is 531. The fourth-order valence-corrected chi connectivity index (χ4v) is 2.95. The molecule has 0 spiro atoms. The Morgan fingerprint density at radius 2 is 2.20 bits per heavy atom. The molecule has 0 radical (unpaired) electrons. The summed E-state index contributed by atoms with van der Waals surface area (Å²) in [5.41, 5.74) is 0.498. The molecule has 0 aromatic heterocycles. The lowest BCUT2D eigenvalue weighted by Crippen LogP contribution is -2.45. The molecule has 1 unspecified atom stereocenters. The summed E-state index contributed by atoms with van der Waals surface area (Å²) in [4.78, 5) is 13.6. The van der Waals surface area contributed by atoms with E-state index in [0.29, 0.717) is 6.54 Å². The second-order valence-electron chi connectivity index (χ2n) is 5.87. The smallest absolute Gasteiger partial charge is 0.310 e. The van der Waals surface area contributed by atoms with E-state index in [4.69, 9.17) is 9.47 Å². The van der Waals surface area contributed by atoms with Crippen LogP contribution in [0, 0.1) is 5.41 Å². The lowest BCUT2D eigenvalue weighted by Gasteiger charge is -2.37. The first kappa shape index (κ1) is 13.2. The third-order valence-corrected chi connectivity index (χ3v) is 4.13. The van der Waals surface area contributed by atoms with Crippen LogP contribution in [0.1, 0.15) is 25.3 Å². The Hall–Kier alpha value is -1.75. The SMILES string of the molecule is CC1(C(=O)O)CCCN(Cc2ccc3c(c2)OCO3)C1. The molecular formula is C15H19NO4. The van der Waals surface area contributed by atoms with E-state index in [2.05, 4.69) is 4.90 Å². The number of carboxylic acid groups (broad SMARTS) is 1. The first-order valence-electron chi connectivity index (χ1n) is 6.91. The van der Waals surface area contributed by atoms with Crippen LogP contribution in [0.25, 0.3) is 0 Å². The summed E-state index contributed by atoms with van der Waals surface area (Å²) >= 11 is 0. The maximum atomic E-state index is 11.4. The van der Waals surface area contributed by atoms with Gasteiger partial charge in [-0.15, -0.1) is 0 Å². The van der Waals surface area contributed by atoms with Gasteiger partial charge < -0.3 is 14.6 Å². The summed E-state index contributed by atoms with van der Waals surface area (Å²) in [6, 6.07) is 5.91. The van der Waals surface area contributed by atoms with Gasteiger partial charge in [-0.25, -0.2) is 0 Å². The van der Waals surface area contributed by atoms with Crippen LogP contribution in [0.3, 0.4) is 0 Å². The Morgan fingerprint density at radius 1 is 1.40 bits per heavy atom. The highest BCUT2D eigenvalue weighted by atomic mass is 16.7. The zero-order valence-electron chi connectivity index (χ0n) is 11.6. The molecule has 0 bridgehead atoms. The number of aliphatic carboxylic acids is 1. The highest BCUT2D eigenvalue weighted by molar-refractivity contribution is 5.74. The molecule has 108 valence electrons. The van der Waals surface area contributed by atoms with Crippen LogP contribution >= 0.6 is 0 Å². The van der Waals surface area contributed by atoms with Crippen molar-refractivity contribution in [3.8, 4) is 11.5 Å². The number of likely N-dealkylation sites (tertiary alicyclic amines) is 1. The molecule has 1 aromatic rings. The first-order valence-corrected chi connectivity index (χ1v) is 6.91. The molecule has 5 nitrogen and oxygen atoms in total. The monoisotopic (exact) mass is 277 g/mol. The second kappa shape index (κ2) is 4.98. The summed E-state index contributed by atoms with van der Waals surface area (Å²) in [6.45, 7) is 4.40. The van der Waals surface area contributed by atoms with E-state index in [9.17, 15) is 9.90 Å². The molecule has 2 heterocycles. The van der Waals surface area contributed by atoms with Crippen molar-refractivity contribution in [1.29, 1.82) is 0 Å². The highest BCUT2D eigenvalue weighted by Crippen LogP contribution is 2.34. The number of fused-ring (bicyclic) bond motifs is 1. The van der Waals surface area contributed by atoms with Gasteiger partial charge in [-0.3, -0.25) is 9.69 Å². The number of carbonyl (C=O) groups is 1. The van der Waals surface area contributed by atoms with E-state index in [0.717, 1.165) is 43.0 Å². The molecule has 0 amide bonds. The number of hydrogen-bond donors (Lipinski definition) is 1. The van der Waals surface area contributed by atoms with E-state index in [1.165, 1.54) is 0 Å². The van der Waals surface area contributed by atoms with Crippen LogP contribution in [0.15, 0.2) is 18.2 Å². The largest absolute Gasteiger partial charge is 0.481 e. The number of benzene rings is 1. The third kappa shape index (κ3) is 2.45. The predicted octanol–water partition coefficient (Wildman–Crippen LogP) is 2.10. The molecule has 3 rings (SSSR count). The molecule has 5 heteroatoms. The maximum Gasteiger partial charge on any atom is 0.310 e. The quantitative estimate of drug-likeness (QED) is 0.917. The number of piperidine rings is 1. The van der Waals surface area contributed by atoms with Gasteiger partial charge in [-0.1, -0.05) is 6.07 Å². The molecule has 1 aromatic carbocycles. The summed E-state index contributed by atoms with van der Waals surface area (Å²) in [7, 11) is 0. The second-order valence-corrected chi connectivity index (χ2v) is 5.87. The van der Waals surface area contributed by atoms with Gasteiger partial charge in [0.25, 0.3) is 0 Å². The normalized spacial score (nSPS) is 25.6. The fourth-order valence-electron chi connectivity index (χ4n) is 2.95. The first-order chi connectivity index (χ1) is 9.57. The number of hydrogen-bond acceptors (Lipinski definition) is 4. The minimum Gasteiger partial charge on any atom is -0.481 e. The highest BCUT2D eigenvalue weighted by Gasteiger charge is 2.37. The lowest BCUT2D eigenvalue weighted by molar-refractivity contribution is -0.151. The van der Waals surface area contributed by atoms with Crippen molar-refractivity contribution in [3.63, 3.8) is 0 Å². The summed E-state index contributed by atoms with van der Waals surface area (Å²) in [5.74, 6) is 0.858. The van der Waals surface area contributed by atoms with E-state index in [-0.39, 0.29) is 6.79 Å². The molecule has 1 N–H and O–H groups in total. The molecule has 2 aliphatic rings. The molecule has 20 heavy (non-hydrogen) atoms. The third-order valence-electron chi connectivity index (χ3n) is 4.13. The van der Waals surface area contributed by atoms with E-state index >= 15 is 0 Å². The van der Waals surface area contributed by atoms with Crippen molar-refractivity contribution in [2.45, 2.75) is 26.3 Å². The van der Waals surface area contributed by atoms with Crippen LogP contribution in [0.4, 0.5) is 0 Å². The standard InChI is InChI=1S/C15H19NO4/c1-15(14(17)18)5-2-6-16(9-15)8-11-3-4-12-13(7-11)20-10-19-12/h3-4,7H,2,5-6,8-10H2,1H3,(H,17,18). The van der Waals surface area contributed by atoms with Gasteiger partial charge in [0.2, 0.25) is 6.79 Å². The fraction of sp³-hybridized carbons (Fsp3) is 0.533. The van der Waals surface area contributed by atoms with Gasteiger partial charge in [0.1, 0.15) is 0 Å². The summed E-state index contributed by atoms with van der Waals surface area (Å²) in [5, 5.41) is 9.35. The van der Waals surface area contributed by atoms with Crippen molar-refractivity contribution in [3.05, 3.63) is 23.8 Å². The minimum absolute atomic E-state index is 0.277. The molecule has 0 aliphatic carbocycles. The van der Waals surface area contributed by atoms with Crippen LogP contribution in [0.5, 0.6) is 11.5 Å². The van der Waals surface area contributed by atoms with Crippen LogP contribution in [0.2, 0.25) is 0 Å².